The molecule has 0 saturated heterocycles. The van der Waals surface area contributed by atoms with Gasteiger partial charge in [0.2, 0.25) is 0 Å². The second-order valence-corrected chi connectivity index (χ2v) is 2.71. The second-order valence-electron chi connectivity index (χ2n) is 2.71. The van der Waals surface area contributed by atoms with Gasteiger partial charge in [0, 0.05) is 6.04 Å². The highest BCUT2D eigenvalue weighted by atomic mass is 16.3. The quantitative estimate of drug-likeness (QED) is 0.397. The lowest BCUT2D eigenvalue weighted by atomic mass is 10.1. The van der Waals surface area contributed by atoms with Gasteiger partial charge in [0.15, 0.2) is 0 Å². The summed E-state index contributed by atoms with van der Waals surface area (Å²) in [5.41, 5.74) is 5.41. The van der Waals surface area contributed by atoms with Crippen LogP contribution in [0.4, 0.5) is 0 Å². The minimum atomic E-state index is -0.638. The molecule has 0 spiro atoms. The van der Waals surface area contributed by atoms with E-state index in [2.05, 4.69) is 0 Å². The number of nitrogens with two attached hydrogens (primary N) is 1. The largest absolute Gasteiger partial charge is 0.395 e. The maximum Gasteiger partial charge on any atom is 0.0770 e. The summed E-state index contributed by atoms with van der Waals surface area (Å²) in [5.74, 6) is 0. The molecular weight excluding hydrogens is 146 g/mol. The Morgan fingerprint density at radius 1 is 1.09 bits per heavy atom. The number of aliphatic hydroxyl groups excluding tert-OH is 3. The topological polar surface area (TPSA) is 86.7 Å². The van der Waals surface area contributed by atoms with Crippen molar-refractivity contribution in [3.63, 3.8) is 0 Å². The van der Waals surface area contributed by atoms with Crippen molar-refractivity contribution in [2.24, 2.45) is 5.73 Å². The van der Waals surface area contributed by atoms with E-state index in [1.165, 1.54) is 0 Å². The first-order chi connectivity index (χ1) is 5.20. The summed E-state index contributed by atoms with van der Waals surface area (Å²) in [6.45, 7) is -0.219. The highest BCUT2D eigenvalue weighted by Gasteiger charge is 2.04. The van der Waals surface area contributed by atoms with E-state index in [0.29, 0.717) is 12.8 Å². The van der Waals surface area contributed by atoms with Crippen molar-refractivity contribution in [3.8, 4) is 0 Å². The molecule has 0 aromatic heterocycles. The molecule has 4 nitrogen and oxygen atoms in total. The molecule has 0 fully saturated rings. The normalized spacial score (nSPS) is 16.4. The Labute approximate surface area is 66.7 Å². The lowest BCUT2D eigenvalue weighted by molar-refractivity contribution is 0.0851. The minimum absolute atomic E-state index is 0.0186. The molecule has 0 radical (unpaired) electrons. The second kappa shape index (κ2) is 6.54. The van der Waals surface area contributed by atoms with Crippen LogP contribution in [0.25, 0.3) is 0 Å². The van der Waals surface area contributed by atoms with Crippen molar-refractivity contribution in [2.75, 3.05) is 13.2 Å². The molecule has 0 aliphatic heterocycles. The molecule has 0 aliphatic carbocycles. The molecule has 5 N–H and O–H groups in total. The summed E-state index contributed by atoms with van der Waals surface area (Å²) in [4.78, 5) is 0. The van der Waals surface area contributed by atoms with Crippen LogP contribution in [0.2, 0.25) is 0 Å². The van der Waals surface area contributed by atoms with Gasteiger partial charge in [0.25, 0.3) is 0 Å². The van der Waals surface area contributed by atoms with Gasteiger partial charge in [-0.05, 0) is 19.3 Å². The van der Waals surface area contributed by atoms with Crippen molar-refractivity contribution in [1.82, 2.24) is 0 Å². The van der Waals surface area contributed by atoms with Crippen LogP contribution >= 0.6 is 0 Å². The molecule has 4 heteroatoms. The van der Waals surface area contributed by atoms with E-state index in [1.54, 1.807) is 0 Å². The molecule has 2 atom stereocenters. The summed E-state index contributed by atoms with van der Waals surface area (Å²) in [6.07, 6.45) is 1.34. The Kier molecular flexibility index (Phi) is 6.45. The van der Waals surface area contributed by atoms with Gasteiger partial charge in [0.1, 0.15) is 0 Å². The lowest BCUT2D eigenvalue weighted by Crippen LogP contribution is -2.24. The van der Waals surface area contributed by atoms with Gasteiger partial charge in [-0.1, -0.05) is 0 Å². The fraction of sp³-hybridized carbons (Fsp3) is 1.00. The molecule has 0 bridgehead atoms. The first-order valence-corrected chi connectivity index (χ1v) is 3.86. The molecule has 0 aromatic rings. The number of aliphatic hydroxyl groups is 3. The molecule has 0 amide bonds. The van der Waals surface area contributed by atoms with Gasteiger partial charge in [-0.15, -0.1) is 0 Å². The van der Waals surface area contributed by atoms with Crippen molar-refractivity contribution in [3.05, 3.63) is 0 Å². The fourth-order valence-corrected chi connectivity index (χ4v) is 0.798. The first-order valence-electron chi connectivity index (χ1n) is 3.86. The SMILES string of the molecule is NC(CO)CCCC(O)CO. The zero-order chi connectivity index (χ0) is 8.69. The summed E-state index contributed by atoms with van der Waals surface area (Å²) in [6, 6.07) is -0.194. The molecule has 2 unspecified atom stereocenters. The molecule has 0 heterocycles. The molecule has 0 aliphatic rings. The summed E-state index contributed by atoms with van der Waals surface area (Å²) in [5, 5.41) is 25.8. The van der Waals surface area contributed by atoms with E-state index >= 15 is 0 Å². The Balaban J connectivity index is 3.13. The summed E-state index contributed by atoms with van der Waals surface area (Å²) < 4.78 is 0. The van der Waals surface area contributed by atoms with Crippen LogP contribution in [0.15, 0.2) is 0 Å². The predicted octanol–water partition coefficient (Wildman–Crippen LogP) is -1.17. The van der Waals surface area contributed by atoms with Gasteiger partial charge in [-0.2, -0.15) is 0 Å². The average Bonchev–Trinajstić information content (AvgIpc) is 2.04. The van der Waals surface area contributed by atoms with Crippen LogP contribution in [-0.2, 0) is 0 Å². The number of hydrogen-bond acceptors (Lipinski definition) is 4. The highest BCUT2D eigenvalue weighted by molar-refractivity contribution is 4.61. The van der Waals surface area contributed by atoms with Crippen LogP contribution in [0, 0.1) is 0 Å². The van der Waals surface area contributed by atoms with Gasteiger partial charge in [-0.3, -0.25) is 0 Å². The fourth-order valence-electron chi connectivity index (χ4n) is 0.798. The van der Waals surface area contributed by atoms with Crippen LogP contribution < -0.4 is 5.73 Å². The monoisotopic (exact) mass is 163 g/mol. The van der Waals surface area contributed by atoms with Crippen LogP contribution in [-0.4, -0.2) is 40.7 Å². The molecule has 68 valence electrons. The summed E-state index contributed by atoms with van der Waals surface area (Å²) in [7, 11) is 0. The van der Waals surface area contributed by atoms with E-state index in [9.17, 15) is 0 Å². The minimum Gasteiger partial charge on any atom is -0.395 e. The number of rotatable bonds is 6. The lowest BCUT2D eigenvalue weighted by Gasteiger charge is -2.09. The van der Waals surface area contributed by atoms with Gasteiger partial charge >= 0.3 is 0 Å². The third-order valence-electron chi connectivity index (χ3n) is 1.56. The average molecular weight is 163 g/mol. The third kappa shape index (κ3) is 6.25. The Bertz CT molecular complexity index is 79.8. The molecule has 0 rings (SSSR count). The Morgan fingerprint density at radius 2 is 1.73 bits per heavy atom. The van der Waals surface area contributed by atoms with E-state index in [4.69, 9.17) is 21.1 Å². The van der Waals surface area contributed by atoms with Crippen molar-refractivity contribution in [2.45, 2.75) is 31.4 Å². The smallest absolute Gasteiger partial charge is 0.0770 e. The van der Waals surface area contributed by atoms with E-state index in [0.717, 1.165) is 6.42 Å². The highest BCUT2D eigenvalue weighted by Crippen LogP contribution is 2.01. The van der Waals surface area contributed by atoms with Crippen LogP contribution in [0.3, 0.4) is 0 Å². The van der Waals surface area contributed by atoms with E-state index in [1.807, 2.05) is 0 Å². The van der Waals surface area contributed by atoms with Crippen molar-refractivity contribution < 1.29 is 15.3 Å². The zero-order valence-corrected chi connectivity index (χ0v) is 6.61. The molecule has 0 saturated carbocycles. The molecular formula is C7H17NO3. The van der Waals surface area contributed by atoms with Gasteiger partial charge < -0.3 is 21.1 Å². The van der Waals surface area contributed by atoms with Crippen LogP contribution in [0.5, 0.6) is 0 Å². The number of hydrogen-bond donors (Lipinski definition) is 4. The van der Waals surface area contributed by atoms with Gasteiger partial charge in [-0.25, -0.2) is 0 Å². The van der Waals surface area contributed by atoms with E-state index in [-0.39, 0.29) is 19.3 Å². The maximum atomic E-state index is 8.89. The maximum absolute atomic E-state index is 8.89. The van der Waals surface area contributed by atoms with Gasteiger partial charge in [0.05, 0.1) is 19.3 Å². The predicted molar refractivity (Wildman–Crippen MR) is 42.0 cm³/mol. The van der Waals surface area contributed by atoms with Crippen molar-refractivity contribution >= 4 is 0 Å². The molecule has 0 aromatic carbocycles. The summed E-state index contributed by atoms with van der Waals surface area (Å²) >= 11 is 0. The third-order valence-corrected chi connectivity index (χ3v) is 1.56. The standard InChI is InChI=1S/C7H17NO3/c8-6(4-9)2-1-3-7(11)5-10/h6-7,9-11H,1-5,8H2. The van der Waals surface area contributed by atoms with Crippen LogP contribution in [0.1, 0.15) is 19.3 Å². The first kappa shape index (κ1) is 10.8. The van der Waals surface area contributed by atoms with E-state index < -0.39 is 6.10 Å². The molecule has 11 heavy (non-hydrogen) atoms. The zero-order valence-electron chi connectivity index (χ0n) is 6.61. The Morgan fingerprint density at radius 3 is 2.18 bits per heavy atom. The van der Waals surface area contributed by atoms with Crippen molar-refractivity contribution in [1.29, 1.82) is 0 Å². The Hall–Kier alpha value is -0.160.